The van der Waals surface area contributed by atoms with Crippen molar-refractivity contribution < 1.29 is 9.21 Å². The maximum atomic E-state index is 12.3. The van der Waals surface area contributed by atoms with Crippen molar-refractivity contribution in [1.29, 1.82) is 0 Å². The molecule has 26 heavy (non-hydrogen) atoms. The molecular formula is C20H22N4O2. The largest absolute Gasteiger partial charge is 0.466 e. The van der Waals surface area contributed by atoms with Crippen LogP contribution in [-0.2, 0) is 6.54 Å². The molecule has 0 unspecified atom stereocenters. The Morgan fingerprint density at radius 1 is 1.27 bits per heavy atom. The van der Waals surface area contributed by atoms with Gasteiger partial charge in [-0.05, 0) is 51.0 Å². The van der Waals surface area contributed by atoms with Crippen molar-refractivity contribution in [2.75, 3.05) is 6.54 Å². The van der Waals surface area contributed by atoms with Gasteiger partial charge in [0.2, 0.25) is 0 Å². The summed E-state index contributed by atoms with van der Waals surface area (Å²) in [5.74, 6) is 1.89. The monoisotopic (exact) mass is 350 g/mol. The Balaban J connectivity index is 1.45. The summed E-state index contributed by atoms with van der Waals surface area (Å²) in [5.41, 5.74) is 3.88. The second-order valence-corrected chi connectivity index (χ2v) is 6.77. The van der Waals surface area contributed by atoms with Gasteiger partial charge in [0.15, 0.2) is 0 Å². The molecule has 3 aromatic heterocycles. The van der Waals surface area contributed by atoms with Gasteiger partial charge >= 0.3 is 0 Å². The van der Waals surface area contributed by atoms with E-state index in [1.54, 1.807) is 18.5 Å². The second kappa shape index (κ2) is 6.78. The highest BCUT2D eigenvalue weighted by molar-refractivity contribution is 5.95. The highest BCUT2D eigenvalue weighted by Crippen LogP contribution is 2.41. The Hall–Kier alpha value is -2.89. The van der Waals surface area contributed by atoms with Crippen LogP contribution in [0.5, 0.6) is 0 Å². The fourth-order valence-corrected chi connectivity index (χ4v) is 3.21. The number of aromatic nitrogens is 3. The summed E-state index contributed by atoms with van der Waals surface area (Å²) < 4.78 is 7.46. The number of hydrogen-bond acceptors (Lipinski definition) is 4. The van der Waals surface area contributed by atoms with E-state index in [9.17, 15) is 4.79 Å². The first-order chi connectivity index (χ1) is 12.6. The Kier molecular flexibility index (Phi) is 4.32. The summed E-state index contributed by atoms with van der Waals surface area (Å²) in [6.07, 6.45) is 5.98. The first-order valence-electron chi connectivity index (χ1n) is 8.95. The van der Waals surface area contributed by atoms with E-state index in [4.69, 9.17) is 9.52 Å². The number of nitrogens with zero attached hydrogens (tertiary/aromatic N) is 3. The number of nitrogens with one attached hydrogen (secondary N) is 1. The SMILES string of the molecule is Cc1cc(C(=O)NCCn2nc(-c3ccncc3)cc2C2CC2)c(C)o1. The van der Waals surface area contributed by atoms with Crippen molar-refractivity contribution in [2.45, 2.75) is 39.2 Å². The number of amides is 1. The molecule has 1 amide bonds. The molecule has 0 radical (unpaired) electrons. The molecule has 3 heterocycles. The predicted octanol–water partition coefficient (Wildman–Crippen LogP) is 3.46. The van der Waals surface area contributed by atoms with Gasteiger partial charge in [0.05, 0.1) is 17.8 Å². The minimum absolute atomic E-state index is 0.103. The maximum Gasteiger partial charge on any atom is 0.254 e. The summed E-state index contributed by atoms with van der Waals surface area (Å²) in [7, 11) is 0. The lowest BCUT2D eigenvalue weighted by Gasteiger charge is -2.08. The summed E-state index contributed by atoms with van der Waals surface area (Å²) in [6, 6.07) is 7.87. The van der Waals surface area contributed by atoms with Gasteiger partial charge in [-0.1, -0.05) is 0 Å². The van der Waals surface area contributed by atoms with Crippen molar-refractivity contribution in [3.05, 3.63) is 59.4 Å². The van der Waals surface area contributed by atoms with E-state index in [0.29, 0.717) is 30.3 Å². The molecule has 0 aromatic carbocycles. The lowest BCUT2D eigenvalue weighted by atomic mass is 10.2. The Labute approximate surface area is 152 Å². The van der Waals surface area contributed by atoms with Crippen molar-refractivity contribution in [1.82, 2.24) is 20.1 Å². The number of carbonyl (C=O) groups is 1. The fourth-order valence-electron chi connectivity index (χ4n) is 3.21. The van der Waals surface area contributed by atoms with Gasteiger partial charge in [-0.3, -0.25) is 14.5 Å². The summed E-state index contributed by atoms with van der Waals surface area (Å²) in [4.78, 5) is 16.4. The van der Waals surface area contributed by atoms with Gasteiger partial charge in [-0.25, -0.2) is 0 Å². The van der Waals surface area contributed by atoms with Crippen molar-refractivity contribution >= 4 is 5.91 Å². The molecule has 0 bridgehead atoms. The van der Waals surface area contributed by atoms with E-state index in [0.717, 1.165) is 17.0 Å². The number of furan rings is 1. The van der Waals surface area contributed by atoms with Crippen LogP contribution in [-0.4, -0.2) is 27.2 Å². The van der Waals surface area contributed by atoms with Crippen LogP contribution >= 0.6 is 0 Å². The van der Waals surface area contributed by atoms with Crippen LogP contribution in [0.2, 0.25) is 0 Å². The lowest BCUT2D eigenvalue weighted by molar-refractivity contribution is 0.0950. The molecule has 134 valence electrons. The molecule has 1 aliphatic carbocycles. The minimum atomic E-state index is -0.103. The van der Waals surface area contributed by atoms with E-state index in [1.807, 2.05) is 30.7 Å². The molecule has 6 nitrogen and oxygen atoms in total. The minimum Gasteiger partial charge on any atom is -0.466 e. The van der Waals surface area contributed by atoms with Crippen LogP contribution in [0.1, 0.15) is 46.3 Å². The molecule has 1 saturated carbocycles. The molecule has 0 aliphatic heterocycles. The topological polar surface area (TPSA) is 73.0 Å². The zero-order valence-electron chi connectivity index (χ0n) is 15.0. The molecule has 1 aliphatic rings. The van der Waals surface area contributed by atoms with Gasteiger partial charge < -0.3 is 9.73 Å². The number of hydrogen-bond donors (Lipinski definition) is 1. The van der Waals surface area contributed by atoms with E-state index < -0.39 is 0 Å². The zero-order valence-corrected chi connectivity index (χ0v) is 15.0. The van der Waals surface area contributed by atoms with Gasteiger partial charge in [0.25, 0.3) is 5.91 Å². The maximum absolute atomic E-state index is 12.3. The average molecular weight is 350 g/mol. The Morgan fingerprint density at radius 2 is 2.04 bits per heavy atom. The van der Waals surface area contributed by atoms with Crippen molar-refractivity contribution in [3.8, 4) is 11.3 Å². The predicted molar refractivity (Wildman–Crippen MR) is 97.9 cm³/mol. The molecule has 4 rings (SSSR count). The van der Waals surface area contributed by atoms with E-state index in [2.05, 4.69) is 16.4 Å². The average Bonchev–Trinajstić information content (AvgIpc) is 3.31. The van der Waals surface area contributed by atoms with Gasteiger partial charge in [0, 0.05) is 36.1 Å². The Bertz CT molecular complexity index is 923. The second-order valence-electron chi connectivity index (χ2n) is 6.77. The molecule has 0 atom stereocenters. The fraction of sp³-hybridized carbons (Fsp3) is 0.350. The Morgan fingerprint density at radius 3 is 2.69 bits per heavy atom. The number of carbonyl (C=O) groups excluding carboxylic acids is 1. The van der Waals surface area contributed by atoms with Crippen LogP contribution in [0, 0.1) is 13.8 Å². The third-order valence-electron chi connectivity index (χ3n) is 4.68. The molecular weight excluding hydrogens is 328 g/mol. The van der Waals surface area contributed by atoms with E-state index in [1.165, 1.54) is 18.5 Å². The van der Waals surface area contributed by atoms with Crippen LogP contribution in [0.4, 0.5) is 0 Å². The first kappa shape index (κ1) is 16.6. The number of pyridine rings is 1. The van der Waals surface area contributed by atoms with E-state index in [-0.39, 0.29) is 5.91 Å². The normalized spacial score (nSPS) is 13.8. The molecule has 0 spiro atoms. The molecule has 0 saturated heterocycles. The standard InChI is InChI=1S/C20H22N4O2/c1-13-11-17(14(2)26-13)20(25)22-9-10-24-19(16-3-4-16)12-18(23-24)15-5-7-21-8-6-15/h5-8,11-12,16H,3-4,9-10H2,1-2H3,(H,22,25). The van der Waals surface area contributed by atoms with Gasteiger partial charge in [-0.2, -0.15) is 5.10 Å². The van der Waals surface area contributed by atoms with Crippen LogP contribution < -0.4 is 5.32 Å². The van der Waals surface area contributed by atoms with Crippen LogP contribution in [0.15, 0.2) is 41.1 Å². The first-order valence-corrected chi connectivity index (χ1v) is 8.95. The summed E-state index contributed by atoms with van der Waals surface area (Å²) in [5, 5.41) is 7.72. The van der Waals surface area contributed by atoms with E-state index >= 15 is 0 Å². The smallest absolute Gasteiger partial charge is 0.254 e. The lowest BCUT2D eigenvalue weighted by Crippen LogP contribution is -2.28. The zero-order chi connectivity index (χ0) is 18.1. The highest BCUT2D eigenvalue weighted by Gasteiger charge is 2.28. The van der Waals surface area contributed by atoms with Gasteiger partial charge in [0.1, 0.15) is 11.5 Å². The van der Waals surface area contributed by atoms with Crippen LogP contribution in [0.3, 0.4) is 0 Å². The van der Waals surface area contributed by atoms with Crippen LogP contribution in [0.25, 0.3) is 11.3 Å². The molecule has 1 N–H and O–H groups in total. The summed E-state index contributed by atoms with van der Waals surface area (Å²) >= 11 is 0. The third kappa shape index (κ3) is 3.40. The third-order valence-corrected chi connectivity index (χ3v) is 4.68. The highest BCUT2D eigenvalue weighted by atomic mass is 16.3. The van der Waals surface area contributed by atoms with Gasteiger partial charge in [-0.15, -0.1) is 0 Å². The number of rotatable bonds is 6. The molecule has 6 heteroatoms. The molecule has 1 fully saturated rings. The molecule has 3 aromatic rings. The number of aryl methyl sites for hydroxylation is 2. The van der Waals surface area contributed by atoms with Crippen molar-refractivity contribution in [3.63, 3.8) is 0 Å². The summed E-state index contributed by atoms with van der Waals surface area (Å²) in [6.45, 7) is 4.83. The quantitative estimate of drug-likeness (QED) is 0.739. The van der Waals surface area contributed by atoms with Crippen molar-refractivity contribution in [2.24, 2.45) is 0 Å².